The summed E-state index contributed by atoms with van der Waals surface area (Å²) in [6.45, 7) is 11.2. The monoisotopic (exact) mass is 382 g/mol. The van der Waals surface area contributed by atoms with Crippen molar-refractivity contribution in [3.63, 3.8) is 0 Å². The van der Waals surface area contributed by atoms with E-state index < -0.39 is 10.0 Å². The van der Waals surface area contributed by atoms with E-state index in [0.29, 0.717) is 29.9 Å². The number of hydrogen-bond acceptors (Lipinski definition) is 5. The van der Waals surface area contributed by atoms with E-state index in [2.05, 4.69) is 16.9 Å². The van der Waals surface area contributed by atoms with Gasteiger partial charge in [-0.1, -0.05) is 6.92 Å². The number of ether oxygens (including phenoxy) is 1. The molecular weight excluding hydrogens is 352 g/mol. The first kappa shape index (κ1) is 18.4. The zero-order valence-electron chi connectivity index (χ0n) is 16.0. The van der Waals surface area contributed by atoms with Crippen LogP contribution in [0.25, 0.3) is 0 Å². The molecular formula is C18H30N4O3S. The molecule has 4 rings (SSSR count). The molecule has 0 aliphatic carbocycles. The van der Waals surface area contributed by atoms with Crippen LogP contribution < -0.4 is 0 Å². The van der Waals surface area contributed by atoms with Gasteiger partial charge in [0.25, 0.3) is 0 Å². The molecule has 3 aliphatic rings. The molecule has 2 atom stereocenters. The van der Waals surface area contributed by atoms with Gasteiger partial charge in [0, 0.05) is 43.8 Å². The Hall–Kier alpha value is -0.960. The van der Waals surface area contributed by atoms with Crippen molar-refractivity contribution in [2.24, 2.45) is 11.3 Å². The molecule has 1 spiro atoms. The van der Waals surface area contributed by atoms with Crippen LogP contribution in [-0.4, -0.2) is 72.8 Å². The first-order valence-corrected chi connectivity index (χ1v) is 11.2. The minimum atomic E-state index is -3.46. The average molecular weight is 383 g/mol. The van der Waals surface area contributed by atoms with Gasteiger partial charge in [-0.25, -0.2) is 8.42 Å². The van der Waals surface area contributed by atoms with Gasteiger partial charge in [-0.2, -0.15) is 9.40 Å². The molecule has 0 amide bonds. The highest BCUT2D eigenvalue weighted by Gasteiger charge is 2.55. The summed E-state index contributed by atoms with van der Waals surface area (Å²) < 4.78 is 35.2. The molecule has 0 bridgehead atoms. The average Bonchev–Trinajstić information content (AvgIpc) is 3.33. The molecule has 7 nitrogen and oxygen atoms in total. The Morgan fingerprint density at radius 2 is 2.04 bits per heavy atom. The summed E-state index contributed by atoms with van der Waals surface area (Å²) in [5, 5.41) is 4.20. The van der Waals surface area contributed by atoms with Gasteiger partial charge in [0.05, 0.1) is 19.4 Å². The maximum absolute atomic E-state index is 13.0. The normalized spacial score (nSPS) is 29.7. The molecule has 26 heavy (non-hydrogen) atoms. The van der Waals surface area contributed by atoms with Crippen molar-refractivity contribution in [3.8, 4) is 0 Å². The van der Waals surface area contributed by atoms with E-state index in [0.717, 1.165) is 39.1 Å². The minimum Gasteiger partial charge on any atom is -0.379 e. The number of hydrogen-bond donors (Lipinski definition) is 0. The SMILES string of the molecule is CCN1CC2(CCN(S(=O)(=O)c3cnn(C(C)C)c3)CC2)[C@H]2COC[C@H]21. The van der Waals surface area contributed by atoms with Crippen molar-refractivity contribution in [2.45, 2.75) is 50.6 Å². The molecule has 0 unspecified atom stereocenters. The number of piperidine rings is 1. The van der Waals surface area contributed by atoms with Crippen LogP contribution in [0.5, 0.6) is 0 Å². The zero-order valence-corrected chi connectivity index (χ0v) is 16.8. The third-order valence-electron chi connectivity index (χ3n) is 6.69. The lowest BCUT2D eigenvalue weighted by Crippen LogP contribution is -2.46. The number of aromatic nitrogens is 2. The Kier molecular flexibility index (Phi) is 4.66. The van der Waals surface area contributed by atoms with Gasteiger partial charge in [0.2, 0.25) is 10.0 Å². The second-order valence-electron chi connectivity index (χ2n) is 8.29. The first-order valence-electron chi connectivity index (χ1n) is 9.73. The van der Waals surface area contributed by atoms with Crippen LogP contribution in [0.15, 0.2) is 17.3 Å². The van der Waals surface area contributed by atoms with E-state index in [1.165, 1.54) is 6.20 Å². The zero-order chi connectivity index (χ0) is 18.5. The van der Waals surface area contributed by atoms with E-state index in [9.17, 15) is 8.42 Å². The summed E-state index contributed by atoms with van der Waals surface area (Å²) in [4.78, 5) is 2.85. The van der Waals surface area contributed by atoms with E-state index in [1.807, 2.05) is 13.8 Å². The van der Waals surface area contributed by atoms with E-state index in [4.69, 9.17) is 4.74 Å². The maximum atomic E-state index is 13.0. The van der Waals surface area contributed by atoms with Crippen LogP contribution >= 0.6 is 0 Å². The summed E-state index contributed by atoms with van der Waals surface area (Å²) in [5.41, 5.74) is 0.214. The van der Waals surface area contributed by atoms with Crippen LogP contribution in [0.2, 0.25) is 0 Å². The number of likely N-dealkylation sites (N-methyl/N-ethyl adjacent to an activating group) is 1. The van der Waals surface area contributed by atoms with E-state index >= 15 is 0 Å². The smallest absolute Gasteiger partial charge is 0.246 e. The lowest BCUT2D eigenvalue weighted by molar-refractivity contribution is 0.0720. The number of sulfonamides is 1. The van der Waals surface area contributed by atoms with Crippen LogP contribution in [0.1, 0.15) is 39.7 Å². The van der Waals surface area contributed by atoms with Gasteiger partial charge >= 0.3 is 0 Å². The highest BCUT2D eigenvalue weighted by molar-refractivity contribution is 7.89. The third kappa shape index (κ3) is 2.82. The van der Waals surface area contributed by atoms with Crippen LogP contribution in [0, 0.1) is 11.3 Å². The van der Waals surface area contributed by atoms with Gasteiger partial charge in [0.1, 0.15) is 4.90 Å². The Morgan fingerprint density at radius 3 is 2.65 bits per heavy atom. The van der Waals surface area contributed by atoms with Crippen LogP contribution in [0.3, 0.4) is 0 Å². The Morgan fingerprint density at radius 1 is 1.31 bits per heavy atom. The largest absolute Gasteiger partial charge is 0.379 e. The number of likely N-dealkylation sites (tertiary alicyclic amines) is 1. The molecule has 0 aromatic carbocycles. The lowest BCUT2D eigenvalue weighted by atomic mass is 9.70. The van der Waals surface area contributed by atoms with Gasteiger partial charge in [-0.3, -0.25) is 9.58 Å². The van der Waals surface area contributed by atoms with Crippen molar-refractivity contribution in [1.82, 2.24) is 19.0 Å². The Labute approximate surface area is 156 Å². The van der Waals surface area contributed by atoms with Gasteiger partial charge in [-0.05, 0) is 38.6 Å². The fraction of sp³-hybridized carbons (Fsp3) is 0.833. The third-order valence-corrected chi connectivity index (χ3v) is 8.54. The maximum Gasteiger partial charge on any atom is 0.246 e. The quantitative estimate of drug-likeness (QED) is 0.791. The summed E-state index contributed by atoms with van der Waals surface area (Å²) in [7, 11) is -3.46. The number of nitrogens with zero attached hydrogens (tertiary/aromatic N) is 4. The van der Waals surface area contributed by atoms with Gasteiger partial charge < -0.3 is 4.74 Å². The van der Waals surface area contributed by atoms with Crippen LogP contribution in [-0.2, 0) is 14.8 Å². The van der Waals surface area contributed by atoms with Crippen LogP contribution in [0.4, 0.5) is 0 Å². The van der Waals surface area contributed by atoms with Crippen molar-refractivity contribution in [1.29, 1.82) is 0 Å². The Bertz CT molecular complexity index is 752. The molecule has 0 N–H and O–H groups in total. The Balaban J connectivity index is 1.49. The second kappa shape index (κ2) is 6.58. The first-order chi connectivity index (χ1) is 12.4. The summed E-state index contributed by atoms with van der Waals surface area (Å²) in [6.07, 6.45) is 4.98. The highest BCUT2D eigenvalue weighted by Crippen LogP contribution is 2.50. The molecule has 3 aliphatic heterocycles. The molecule has 1 aromatic rings. The summed E-state index contributed by atoms with van der Waals surface area (Å²) in [5.74, 6) is 0.552. The molecule has 0 saturated carbocycles. The molecule has 3 fully saturated rings. The van der Waals surface area contributed by atoms with Gasteiger partial charge in [-0.15, -0.1) is 0 Å². The second-order valence-corrected chi connectivity index (χ2v) is 10.2. The predicted octanol–water partition coefficient (Wildman–Crippen LogP) is 1.59. The molecule has 4 heterocycles. The van der Waals surface area contributed by atoms with E-state index in [1.54, 1.807) is 15.2 Å². The van der Waals surface area contributed by atoms with Crippen molar-refractivity contribution in [3.05, 3.63) is 12.4 Å². The standard InChI is InChI=1S/C18H30N4O3S/c1-4-20-13-18(16-11-25-12-17(16)20)5-7-21(8-6-18)26(23,24)15-9-19-22(10-15)14(2)3/h9-10,14,16-17H,4-8,11-13H2,1-3H3/t16-,17+/m0/s1. The van der Waals surface area contributed by atoms with Gasteiger partial charge in [0.15, 0.2) is 0 Å². The predicted molar refractivity (Wildman–Crippen MR) is 98.4 cm³/mol. The molecule has 0 radical (unpaired) electrons. The highest BCUT2D eigenvalue weighted by atomic mass is 32.2. The fourth-order valence-electron chi connectivity index (χ4n) is 5.06. The summed E-state index contributed by atoms with van der Waals surface area (Å²) >= 11 is 0. The molecule has 1 aromatic heterocycles. The fourth-order valence-corrected chi connectivity index (χ4v) is 6.44. The number of fused-ring (bicyclic) bond motifs is 2. The minimum absolute atomic E-state index is 0.154. The summed E-state index contributed by atoms with van der Waals surface area (Å²) in [6, 6.07) is 0.675. The van der Waals surface area contributed by atoms with Crippen molar-refractivity contribution >= 4 is 10.0 Å². The lowest BCUT2D eigenvalue weighted by Gasteiger charge is -2.41. The molecule has 3 saturated heterocycles. The van der Waals surface area contributed by atoms with E-state index in [-0.39, 0.29) is 11.5 Å². The molecule has 8 heteroatoms. The molecule has 146 valence electrons. The number of rotatable bonds is 4. The van der Waals surface area contributed by atoms with Crippen molar-refractivity contribution in [2.75, 3.05) is 39.4 Å². The van der Waals surface area contributed by atoms with Crippen molar-refractivity contribution < 1.29 is 13.2 Å². The topological polar surface area (TPSA) is 67.7 Å².